The molecule has 0 unspecified atom stereocenters. The first-order chi connectivity index (χ1) is 14.0. The van der Waals surface area contributed by atoms with Crippen LogP contribution >= 0.6 is 23.1 Å². The normalized spacial score (nSPS) is 14.2. The van der Waals surface area contributed by atoms with Crippen LogP contribution in [-0.4, -0.2) is 17.9 Å². The molecule has 1 aliphatic rings. The van der Waals surface area contributed by atoms with Crippen LogP contribution in [0.2, 0.25) is 0 Å². The van der Waals surface area contributed by atoms with Crippen molar-refractivity contribution in [1.82, 2.24) is 0 Å². The predicted octanol–water partition coefficient (Wildman–Crippen LogP) is 5.61. The molecular formula is C23H19NO3S2. The van der Waals surface area contributed by atoms with Crippen molar-refractivity contribution in [2.75, 3.05) is 4.90 Å². The highest BCUT2D eigenvalue weighted by Gasteiger charge is 2.40. The van der Waals surface area contributed by atoms with Gasteiger partial charge in [-0.3, -0.25) is 9.59 Å². The number of nitrogens with zero attached hydrogens (tertiary/aromatic N) is 1. The highest BCUT2D eigenvalue weighted by Crippen LogP contribution is 2.42. The average molecular weight is 422 g/mol. The van der Waals surface area contributed by atoms with Crippen LogP contribution in [0, 0.1) is 0 Å². The van der Waals surface area contributed by atoms with Gasteiger partial charge in [-0.05, 0) is 61.7 Å². The molecule has 3 aromatic rings. The molecule has 0 atom stereocenters. The van der Waals surface area contributed by atoms with Crippen molar-refractivity contribution < 1.29 is 14.3 Å². The van der Waals surface area contributed by atoms with Gasteiger partial charge in [-0.25, -0.2) is 4.90 Å². The summed E-state index contributed by atoms with van der Waals surface area (Å²) in [6.45, 7) is 3.90. The molecule has 0 saturated heterocycles. The van der Waals surface area contributed by atoms with E-state index in [4.69, 9.17) is 4.74 Å². The van der Waals surface area contributed by atoms with Crippen molar-refractivity contribution in [3.63, 3.8) is 0 Å². The van der Waals surface area contributed by atoms with E-state index in [-0.39, 0.29) is 17.9 Å². The third-order valence-electron chi connectivity index (χ3n) is 4.24. The number of thiophene rings is 1. The maximum Gasteiger partial charge on any atom is 0.272 e. The molecule has 0 fully saturated rings. The van der Waals surface area contributed by atoms with Gasteiger partial charge < -0.3 is 4.74 Å². The average Bonchev–Trinajstić information content (AvgIpc) is 3.30. The highest BCUT2D eigenvalue weighted by atomic mass is 32.2. The number of carbonyl (C=O) groups excluding carboxylic acids is 2. The third kappa shape index (κ3) is 3.99. The van der Waals surface area contributed by atoms with Gasteiger partial charge in [-0.1, -0.05) is 36.0 Å². The van der Waals surface area contributed by atoms with Crippen LogP contribution in [0.3, 0.4) is 0 Å². The van der Waals surface area contributed by atoms with Crippen LogP contribution in [-0.2, 0) is 9.59 Å². The van der Waals surface area contributed by atoms with Crippen molar-refractivity contribution in [3.8, 4) is 5.75 Å². The fraction of sp³-hybridized carbons (Fsp3) is 0.130. The molecular weight excluding hydrogens is 402 g/mol. The smallest absolute Gasteiger partial charge is 0.272 e. The molecule has 2 aromatic carbocycles. The minimum atomic E-state index is -0.301. The number of thioether (sulfide) groups is 1. The summed E-state index contributed by atoms with van der Waals surface area (Å²) in [6.07, 6.45) is 0.0527. The largest absolute Gasteiger partial charge is 0.491 e. The van der Waals surface area contributed by atoms with E-state index >= 15 is 0 Å². The Hall–Kier alpha value is -2.83. The molecule has 6 heteroatoms. The summed E-state index contributed by atoms with van der Waals surface area (Å²) in [5.74, 6) is 0.103. The molecule has 146 valence electrons. The molecule has 0 spiro atoms. The van der Waals surface area contributed by atoms with Crippen LogP contribution in [0.1, 0.15) is 18.7 Å². The lowest BCUT2D eigenvalue weighted by atomic mass is 10.2. The van der Waals surface area contributed by atoms with Crippen molar-refractivity contribution in [2.45, 2.75) is 24.8 Å². The molecule has 29 heavy (non-hydrogen) atoms. The van der Waals surface area contributed by atoms with Gasteiger partial charge >= 0.3 is 0 Å². The number of imide groups is 1. The van der Waals surface area contributed by atoms with E-state index in [2.05, 4.69) is 0 Å². The van der Waals surface area contributed by atoms with E-state index in [9.17, 15) is 9.59 Å². The van der Waals surface area contributed by atoms with Crippen LogP contribution in [0.15, 0.2) is 81.9 Å². The van der Waals surface area contributed by atoms with Crippen LogP contribution in [0.4, 0.5) is 5.69 Å². The van der Waals surface area contributed by atoms with Gasteiger partial charge in [0, 0.05) is 9.77 Å². The van der Waals surface area contributed by atoms with Crippen molar-refractivity contribution >= 4 is 46.2 Å². The summed E-state index contributed by atoms with van der Waals surface area (Å²) in [6, 6.07) is 20.4. The van der Waals surface area contributed by atoms with Crippen molar-refractivity contribution in [2.24, 2.45) is 0 Å². The predicted molar refractivity (Wildman–Crippen MR) is 118 cm³/mol. The van der Waals surface area contributed by atoms with E-state index in [0.717, 1.165) is 9.77 Å². The molecule has 0 aliphatic carbocycles. The van der Waals surface area contributed by atoms with Gasteiger partial charge in [0.1, 0.15) is 5.75 Å². The Morgan fingerprint density at radius 1 is 0.897 bits per heavy atom. The van der Waals surface area contributed by atoms with Gasteiger partial charge in [0.25, 0.3) is 11.8 Å². The number of hydrogen-bond donors (Lipinski definition) is 0. The maximum absolute atomic E-state index is 13.3. The van der Waals surface area contributed by atoms with E-state index in [1.54, 1.807) is 24.3 Å². The van der Waals surface area contributed by atoms with E-state index in [1.807, 2.05) is 61.7 Å². The van der Waals surface area contributed by atoms with Gasteiger partial charge in [0.2, 0.25) is 0 Å². The van der Waals surface area contributed by atoms with E-state index in [0.29, 0.717) is 21.9 Å². The summed E-state index contributed by atoms with van der Waals surface area (Å²) < 4.78 is 5.66. The monoisotopic (exact) mass is 421 g/mol. The lowest BCUT2D eigenvalue weighted by molar-refractivity contribution is -0.119. The Morgan fingerprint density at radius 2 is 1.62 bits per heavy atom. The first-order valence-electron chi connectivity index (χ1n) is 9.21. The zero-order valence-corrected chi connectivity index (χ0v) is 17.6. The SMILES string of the molecule is CC(C)Oc1ccc(N2C(=O)C(Sc3ccccc3)=C(c3cccs3)C2=O)cc1. The molecule has 0 N–H and O–H groups in total. The topological polar surface area (TPSA) is 46.6 Å². The lowest BCUT2D eigenvalue weighted by Gasteiger charge is -2.16. The number of ether oxygens (including phenoxy) is 1. The standard InChI is InChI=1S/C23H19NO3S2/c1-15(2)27-17-12-10-16(11-13-17)24-22(25)20(19-9-6-14-28-19)21(23(24)26)29-18-7-4-3-5-8-18/h3-15H,1-2H3. The summed E-state index contributed by atoms with van der Waals surface area (Å²) in [5, 5.41) is 1.91. The first kappa shape index (κ1) is 19.5. The Morgan fingerprint density at radius 3 is 2.24 bits per heavy atom. The van der Waals surface area contributed by atoms with Gasteiger partial charge in [0.05, 0.1) is 22.3 Å². The van der Waals surface area contributed by atoms with Gasteiger partial charge in [-0.15, -0.1) is 11.3 Å². The fourth-order valence-corrected chi connectivity index (χ4v) is 4.87. The van der Waals surface area contributed by atoms with Crippen molar-refractivity contribution in [1.29, 1.82) is 0 Å². The van der Waals surface area contributed by atoms with Crippen LogP contribution in [0.25, 0.3) is 5.57 Å². The van der Waals surface area contributed by atoms with Gasteiger partial charge in [-0.2, -0.15) is 0 Å². The number of hydrogen-bond acceptors (Lipinski definition) is 5. The molecule has 4 rings (SSSR count). The van der Waals surface area contributed by atoms with Crippen molar-refractivity contribution in [3.05, 3.63) is 81.9 Å². The maximum atomic E-state index is 13.3. The molecule has 0 saturated carbocycles. The highest BCUT2D eigenvalue weighted by molar-refractivity contribution is 8.04. The summed E-state index contributed by atoms with van der Waals surface area (Å²) in [7, 11) is 0. The molecule has 2 amide bonds. The van der Waals surface area contributed by atoms with Crippen LogP contribution in [0.5, 0.6) is 5.75 Å². The van der Waals surface area contributed by atoms with Gasteiger partial charge in [0.15, 0.2) is 0 Å². The number of benzene rings is 2. The Labute approximate surface area is 177 Å². The molecule has 1 aliphatic heterocycles. The molecule has 4 nitrogen and oxygen atoms in total. The first-order valence-corrected chi connectivity index (χ1v) is 10.9. The molecule has 1 aromatic heterocycles. The Balaban J connectivity index is 1.70. The second-order valence-electron chi connectivity index (χ2n) is 6.70. The Kier molecular flexibility index (Phi) is 5.56. The third-order valence-corrected chi connectivity index (χ3v) is 6.22. The summed E-state index contributed by atoms with van der Waals surface area (Å²) in [5.41, 5.74) is 0.996. The molecule has 0 radical (unpaired) electrons. The second kappa shape index (κ2) is 8.27. The quantitative estimate of drug-likeness (QED) is 0.485. The summed E-state index contributed by atoms with van der Waals surface area (Å²) >= 11 is 2.78. The zero-order valence-electron chi connectivity index (χ0n) is 16.0. The Bertz CT molecular complexity index is 1060. The van der Waals surface area contributed by atoms with E-state index in [1.165, 1.54) is 28.0 Å². The lowest BCUT2D eigenvalue weighted by Crippen LogP contribution is -2.31. The van der Waals surface area contributed by atoms with E-state index < -0.39 is 0 Å². The molecule has 0 bridgehead atoms. The second-order valence-corrected chi connectivity index (χ2v) is 8.73. The number of rotatable bonds is 6. The number of amides is 2. The fourth-order valence-electron chi connectivity index (χ4n) is 3.03. The molecule has 2 heterocycles. The minimum absolute atomic E-state index is 0.0527. The zero-order chi connectivity index (χ0) is 20.4. The number of anilines is 1. The van der Waals surface area contributed by atoms with Crippen LogP contribution < -0.4 is 9.64 Å². The summed E-state index contributed by atoms with van der Waals surface area (Å²) in [4.78, 5) is 30.0. The minimum Gasteiger partial charge on any atom is -0.491 e. The number of carbonyl (C=O) groups is 2.